The Morgan fingerprint density at radius 3 is 2.45 bits per heavy atom. The van der Waals surface area contributed by atoms with Crippen molar-refractivity contribution in [3.8, 4) is 5.75 Å². The van der Waals surface area contributed by atoms with Crippen molar-refractivity contribution in [1.82, 2.24) is 4.90 Å². The molecule has 0 aliphatic carbocycles. The Morgan fingerprint density at radius 2 is 1.90 bits per heavy atom. The summed E-state index contributed by atoms with van der Waals surface area (Å²) in [5, 5.41) is 8.75. The lowest BCUT2D eigenvalue weighted by Gasteiger charge is -2.34. The quantitative estimate of drug-likeness (QED) is 0.645. The minimum atomic E-state index is 0.0883. The van der Waals surface area contributed by atoms with E-state index < -0.39 is 0 Å². The Morgan fingerprint density at radius 1 is 1.30 bits per heavy atom. The highest BCUT2D eigenvalue weighted by atomic mass is 32.2. The summed E-state index contributed by atoms with van der Waals surface area (Å²) in [6.07, 6.45) is 0. The van der Waals surface area contributed by atoms with Crippen LogP contribution in [0.5, 0.6) is 5.75 Å². The molecule has 0 spiro atoms. The van der Waals surface area contributed by atoms with Crippen LogP contribution in [0.15, 0.2) is 24.3 Å². The Kier molecular flexibility index (Phi) is 5.31. The van der Waals surface area contributed by atoms with Crippen molar-refractivity contribution in [2.24, 2.45) is 5.73 Å². The van der Waals surface area contributed by atoms with E-state index in [-0.39, 0.29) is 5.84 Å². The van der Waals surface area contributed by atoms with Crippen LogP contribution in [-0.2, 0) is 0 Å². The van der Waals surface area contributed by atoms with E-state index in [1.807, 2.05) is 24.3 Å². The molecule has 0 aromatic heterocycles. The Hall–Kier alpha value is -1.20. The van der Waals surface area contributed by atoms with Gasteiger partial charge in [-0.05, 0) is 24.3 Å². The summed E-state index contributed by atoms with van der Waals surface area (Å²) >= 11 is 2.06. The van der Waals surface area contributed by atoms with Crippen molar-refractivity contribution in [2.75, 3.05) is 26.2 Å². The highest BCUT2D eigenvalue weighted by Gasteiger charge is 2.21. The second-order valence-electron chi connectivity index (χ2n) is 5.30. The Labute approximate surface area is 125 Å². The molecule has 5 heteroatoms. The SMILES string of the molecule is CC1CN(CCOc2ccc(C(=N)N)cc2)CC(C)S1. The molecule has 2 unspecified atom stereocenters. The standard InChI is InChI=1S/C15H23N3OS/c1-11-9-18(10-12(2)20-11)7-8-19-14-5-3-13(4-6-14)15(16)17/h3-6,11-12H,7-10H2,1-2H3,(H3,16,17). The first-order valence-corrected chi connectivity index (χ1v) is 7.94. The van der Waals surface area contributed by atoms with E-state index in [1.54, 1.807) is 0 Å². The fourth-order valence-electron chi connectivity index (χ4n) is 2.49. The molecular formula is C15H23N3OS. The molecule has 20 heavy (non-hydrogen) atoms. The number of benzene rings is 1. The minimum Gasteiger partial charge on any atom is -0.492 e. The van der Waals surface area contributed by atoms with Crippen LogP contribution in [0.2, 0.25) is 0 Å². The highest BCUT2D eigenvalue weighted by Crippen LogP contribution is 2.24. The molecule has 3 N–H and O–H groups in total. The predicted molar refractivity (Wildman–Crippen MR) is 85.9 cm³/mol. The number of rotatable bonds is 5. The average molecular weight is 293 g/mol. The third-order valence-corrected chi connectivity index (χ3v) is 4.56. The summed E-state index contributed by atoms with van der Waals surface area (Å²) in [7, 11) is 0. The summed E-state index contributed by atoms with van der Waals surface area (Å²) in [6.45, 7) is 8.51. The van der Waals surface area contributed by atoms with E-state index in [1.165, 1.54) is 0 Å². The van der Waals surface area contributed by atoms with Crippen LogP contribution < -0.4 is 10.5 Å². The summed E-state index contributed by atoms with van der Waals surface area (Å²) in [5.74, 6) is 0.924. The molecule has 2 rings (SSSR count). The number of hydrogen-bond donors (Lipinski definition) is 2. The second kappa shape index (κ2) is 6.99. The van der Waals surface area contributed by atoms with Gasteiger partial charge in [-0.3, -0.25) is 10.3 Å². The fraction of sp³-hybridized carbons (Fsp3) is 0.533. The molecule has 110 valence electrons. The van der Waals surface area contributed by atoms with Crippen LogP contribution in [0.25, 0.3) is 0 Å². The topological polar surface area (TPSA) is 62.3 Å². The van der Waals surface area contributed by atoms with Gasteiger partial charge in [-0.2, -0.15) is 11.8 Å². The smallest absolute Gasteiger partial charge is 0.122 e. The Balaban J connectivity index is 1.76. The lowest BCUT2D eigenvalue weighted by molar-refractivity contribution is 0.207. The number of nitrogen functional groups attached to an aromatic ring is 1. The average Bonchev–Trinajstić information content (AvgIpc) is 2.38. The maximum Gasteiger partial charge on any atom is 0.122 e. The lowest BCUT2D eigenvalue weighted by Crippen LogP contribution is -2.42. The van der Waals surface area contributed by atoms with E-state index in [0.717, 1.165) is 30.9 Å². The van der Waals surface area contributed by atoms with E-state index in [0.29, 0.717) is 17.1 Å². The normalized spacial score (nSPS) is 23.5. The van der Waals surface area contributed by atoms with Gasteiger partial charge in [0, 0.05) is 35.7 Å². The van der Waals surface area contributed by atoms with Crippen molar-refractivity contribution in [3.63, 3.8) is 0 Å². The van der Waals surface area contributed by atoms with Gasteiger partial charge in [0.1, 0.15) is 18.2 Å². The van der Waals surface area contributed by atoms with Gasteiger partial charge < -0.3 is 10.5 Å². The number of thioether (sulfide) groups is 1. The number of hydrogen-bond acceptors (Lipinski definition) is 4. The third kappa shape index (κ3) is 4.42. The molecule has 1 fully saturated rings. The van der Waals surface area contributed by atoms with Crippen LogP contribution in [0.4, 0.5) is 0 Å². The van der Waals surface area contributed by atoms with Crippen LogP contribution >= 0.6 is 11.8 Å². The van der Waals surface area contributed by atoms with Crippen molar-refractivity contribution >= 4 is 17.6 Å². The van der Waals surface area contributed by atoms with Crippen molar-refractivity contribution < 1.29 is 4.74 Å². The molecule has 1 aliphatic rings. The molecule has 0 saturated carbocycles. The van der Waals surface area contributed by atoms with Gasteiger partial charge in [0.15, 0.2) is 0 Å². The molecule has 0 bridgehead atoms. The number of nitrogens with zero attached hydrogens (tertiary/aromatic N) is 1. The van der Waals surface area contributed by atoms with Crippen LogP contribution in [0.3, 0.4) is 0 Å². The Bertz CT molecular complexity index is 439. The first-order chi connectivity index (χ1) is 9.54. The summed E-state index contributed by atoms with van der Waals surface area (Å²) in [6, 6.07) is 7.38. The summed E-state index contributed by atoms with van der Waals surface area (Å²) in [4.78, 5) is 2.47. The molecule has 1 heterocycles. The number of amidine groups is 1. The molecular weight excluding hydrogens is 270 g/mol. The number of ether oxygens (including phenoxy) is 1. The zero-order valence-electron chi connectivity index (χ0n) is 12.1. The molecule has 0 radical (unpaired) electrons. The van der Waals surface area contributed by atoms with Gasteiger partial charge in [0.25, 0.3) is 0 Å². The monoisotopic (exact) mass is 293 g/mol. The van der Waals surface area contributed by atoms with Crippen molar-refractivity contribution in [2.45, 2.75) is 24.3 Å². The minimum absolute atomic E-state index is 0.0883. The zero-order chi connectivity index (χ0) is 14.5. The molecule has 0 amide bonds. The molecule has 2 atom stereocenters. The molecule has 4 nitrogen and oxygen atoms in total. The van der Waals surface area contributed by atoms with Crippen molar-refractivity contribution in [1.29, 1.82) is 5.41 Å². The summed E-state index contributed by atoms with van der Waals surface area (Å²) < 4.78 is 5.75. The van der Waals surface area contributed by atoms with Crippen LogP contribution in [0, 0.1) is 5.41 Å². The van der Waals surface area contributed by atoms with Gasteiger partial charge in [0.05, 0.1) is 0 Å². The van der Waals surface area contributed by atoms with Gasteiger partial charge in [-0.25, -0.2) is 0 Å². The van der Waals surface area contributed by atoms with Gasteiger partial charge in [0.2, 0.25) is 0 Å². The second-order valence-corrected chi connectivity index (χ2v) is 7.19. The first kappa shape index (κ1) is 15.2. The van der Waals surface area contributed by atoms with E-state index in [4.69, 9.17) is 15.9 Å². The maximum atomic E-state index is 7.34. The predicted octanol–water partition coefficient (Wildman–Crippen LogP) is 2.18. The fourth-order valence-corrected chi connectivity index (χ4v) is 3.88. The van der Waals surface area contributed by atoms with Crippen LogP contribution in [-0.4, -0.2) is 47.5 Å². The maximum absolute atomic E-state index is 7.34. The van der Waals surface area contributed by atoms with Crippen molar-refractivity contribution in [3.05, 3.63) is 29.8 Å². The first-order valence-electron chi connectivity index (χ1n) is 6.99. The van der Waals surface area contributed by atoms with Gasteiger partial charge in [-0.15, -0.1) is 0 Å². The lowest BCUT2D eigenvalue weighted by atomic mass is 10.2. The molecule has 1 aromatic rings. The number of nitrogens with one attached hydrogen (secondary N) is 1. The molecule has 1 saturated heterocycles. The highest BCUT2D eigenvalue weighted by molar-refractivity contribution is 8.00. The van der Waals surface area contributed by atoms with E-state index >= 15 is 0 Å². The van der Waals surface area contributed by atoms with Gasteiger partial charge in [-0.1, -0.05) is 13.8 Å². The number of nitrogens with two attached hydrogens (primary N) is 1. The molecule has 1 aromatic carbocycles. The summed E-state index contributed by atoms with van der Waals surface area (Å²) in [5.41, 5.74) is 6.15. The van der Waals surface area contributed by atoms with Crippen LogP contribution in [0.1, 0.15) is 19.4 Å². The van der Waals surface area contributed by atoms with Gasteiger partial charge >= 0.3 is 0 Å². The molecule has 1 aliphatic heterocycles. The van der Waals surface area contributed by atoms with E-state index in [9.17, 15) is 0 Å². The largest absolute Gasteiger partial charge is 0.492 e. The third-order valence-electron chi connectivity index (χ3n) is 3.34. The van der Waals surface area contributed by atoms with E-state index in [2.05, 4.69) is 30.5 Å². The zero-order valence-corrected chi connectivity index (χ0v) is 13.0.